The number of rotatable bonds is 0. The van der Waals surface area contributed by atoms with Gasteiger partial charge in [-0.1, -0.05) is 0 Å². The summed E-state index contributed by atoms with van der Waals surface area (Å²) in [5.74, 6) is 0. The van der Waals surface area contributed by atoms with Crippen LogP contribution in [-0.4, -0.2) is 0 Å². The summed E-state index contributed by atoms with van der Waals surface area (Å²) < 4.78 is 50.6. The van der Waals surface area contributed by atoms with Crippen LogP contribution in [0.5, 0.6) is 0 Å². The zero-order chi connectivity index (χ0) is 8.12. The predicted molar refractivity (Wildman–Crippen MR) is 2.06 cm³/mol. The first-order valence-electron chi connectivity index (χ1n) is 1.00. The van der Waals surface area contributed by atoms with Gasteiger partial charge in [-0.2, -0.15) is 0 Å². The molecule has 0 saturated carbocycles. The third-order valence-electron chi connectivity index (χ3n) is 0. The van der Waals surface area contributed by atoms with Gasteiger partial charge in [-0.15, -0.1) is 0 Å². The molecule has 0 aliphatic carbocycles. The van der Waals surface area contributed by atoms with Crippen molar-refractivity contribution in [2.45, 2.75) is 0 Å². The summed E-state index contributed by atoms with van der Waals surface area (Å²) in [6, 6.07) is 0. The zero-order valence-electron chi connectivity index (χ0n) is 4.03. The van der Waals surface area contributed by atoms with Crippen molar-refractivity contribution in [1.82, 2.24) is 0 Å². The van der Waals surface area contributed by atoms with Crippen LogP contribution in [0.15, 0.2) is 0 Å². The fourth-order valence-corrected chi connectivity index (χ4v) is 0. The average Bonchev–Trinajstić information content (AvgIpc) is 1.70. The van der Waals surface area contributed by atoms with Crippen molar-refractivity contribution in [2.75, 3.05) is 0 Å². The molecule has 0 aliphatic heterocycles. The quantitative estimate of drug-likeness (QED) is 0.421. The molecule has 6 nitrogen and oxygen atoms in total. The zero-order valence-corrected chi connectivity index (χ0v) is 8.96. The van der Waals surface area contributed by atoms with Gasteiger partial charge in [0, 0.05) is 0 Å². The first-order chi connectivity index (χ1) is 4.24. The van der Waals surface area contributed by atoms with Crippen molar-refractivity contribution >= 4 is 0 Å². The predicted octanol–water partition coefficient (Wildman–Crippen LogP) is -3.93. The van der Waals surface area contributed by atoms with E-state index in [1.807, 2.05) is 0 Å². The van der Waals surface area contributed by atoms with Crippen LogP contribution >= 0.6 is 0 Å². The van der Waals surface area contributed by atoms with E-state index >= 15 is 0 Å². The van der Waals surface area contributed by atoms with Crippen LogP contribution in [0, 0.1) is 0 Å². The Morgan fingerprint density at radius 2 is 0.700 bits per heavy atom. The molecule has 62 valence electrons. The van der Waals surface area contributed by atoms with Gasteiger partial charge >= 0.3 is 87.4 Å². The molecule has 0 heterocycles. The van der Waals surface area contributed by atoms with Crippen LogP contribution in [-0.2, 0) is 74.9 Å². The molecule has 0 bridgehead atoms. The molecule has 0 rings (SSSR count). The second kappa shape index (κ2) is 47.5. The molecular weight excluding hydrogens is 308 g/mol. The van der Waals surface area contributed by atoms with E-state index in [-0.39, 0.29) is 17.1 Å². The van der Waals surface area contributed by atoms with Crippen molar-refractivity contribution in [1.29, 1.82) is 0 Å². The second-order valence-electron chi connectivity index (χ2n) is 0.204. The summed E-state index contributed by atoms with van der Waals surface area (Å²) in [5, 5.41) is 0. The molecule has 0 aliphatic rings. The Hall–Kier alpha value is 1.40. The minimum atomic E-state index is -1.62. The van der Waals surface area contributed by atoms with E-state index in [0.717, 1.165) is 0 Å². The number of hydrogen-bond donors (Lipinski definition) is 0. The van der Waals surface area contributed by atoms with Crippen molar-refractivity contribution in [2.24, 2.45) is 0 Å². The monoisotopic (exact) mass is 308 g/mol. The average molecular weight is 308 g/mol. The summed E-state index contributed by atoms with van der Waals surface area (Å²) in [5.41, 5.74) is 0. The van der Waals surface area contributed by atoms with Gasteiger partial charge in [0.05, 0.1) is 0 Å². The van der Waals surface area contributed by atoms with Crippen LogP contribution in [0.3, 0.4) is 0 Å². The van der Waals surface area contributed by atoms with Gasteiger partial charge in [0.2, 0.25) is 0 Å². The fraction of sp³-hybridized carbons (Fsp3) is 0. The molecule has 10 heteroatoms. The molecular formula is Cr3FeO6. The molecule has 0 saturated heterocycles. The molecule has 0 aromatic rings. The SMILES string of the molecule is [Fe+3].[O]=[Cr][O-].[O]=[Cr][O-].[O]=[Cr][O-]. The first-order valence-corrected chi connectivity index (χ1v) is 4.12. The van der Waals surface area contributed by atoms with E-state index in [4.69, 9.17) is 23.9 Å². The van der Waals surface area contributed by atoms with Crippen LogP contribution in [0.2, 0.25) is 0 Å². The van der Waals surface area contributed by atoms with Gasteiger partial charge in [0.25, 0.3) is 0 Å². The Morgan fingerprint density at radius 1 is 0.700 bits per heavy atom. The van der Waals surface area contributed by atoms with Gasteiger partial charge in [-0.25, -0.2) is 0 Å². The second-order valence-corrected chi connectivity index (χ2v) is 0.842. The normalized spacial score (nSPS) is 3.90. The summed E-state index contributed by atoms with van der Waals surface area (Å²) >= 11 is -4.88. The molecule has 0 amide bonds. The molecule has 0 aromatic carbocycles. The van der Waals surface area contributed by atoms with Crippen LogP contribution in [0.25, 0.3) is 0 Å². The Labute approximate surface area is 86.9 Å². The third kappa shape index (κ3) is 340. The van der Waals surface area contributed by atoms with E-state index in [1.54, 1.807) is 0 Å². The van der Waals surface area contributed by atoms with E-state index < -0.39 is 46.5 Å². The van der Waals surface area contributed by atoms with E-state index in [2.05, 4.69) is 0 Å². The minimum absolute atomic E-state index is 0. The Kier molecular flexibility index (Phi) is 107. The first kappa shape index (κ1) is 22.5. The molecule has 0 atom stereocenters. The van der Waals surface area contributed by atoms with Crippen LogP contribution < -0.4 is 12.5 Å². The fourth-order valence-electron chi connectivity index (χ4n) is 0. The Bertz CT molecular complexity index is 49.7. The Balaban J connectivity index is -0.0000000257. The van der Waals surface area contributed by atoms with Crippen LogP contribution in [0.1, 0.15) is 0 Å². The van der Waals surface area contributed by atoms with Crippen molar-refractivity contribution in [3.05, 3.63) is 0 Å². The third-order valence-corrected chi connectivity index (χ3v) is 0. The summed E-state index contributed by atoms with van der Waals surface area (Å²) in [6.45, 7) is 0. The number of hydrogen-bond acceptors (Lipinski definition) is 6. The Morgan fingerprint density at radius 3 is 0.700 bits per heavy atom. The summed E-state index contributed by atoms with van der Waals surface area (Å²) in [4.78, 5) is 0. The summed E-state index contributed by atoms with van der Waals surface area (Å²) in [6.07, 6.45) is 0. The topological polar surface area (TPSA) is 120 Å². The van der Waals surface area contributed by atoms with Crippen LogP contribution in [0.4, 0.5) is 0 Å². The van der Waals surface area contributed by atoms with Crippen molar-refractivity contribution in [3.63, 3.8) is 0 Å². The van der Waals surface area contributed by atoms with E-state index in [1.165, 1.54) is 0 Å². The van der Waals surface area contributed by atoms with Crippen molar-refractivity contribution in [3.8, 4) is 0 Å². The molecule has 0 aromatic heterocycles. The van der Waals surface area contributed by atoms with E-state index in [0.29, 0.717) is 0 Å². The molecule has 0 unspecified atom stereocenters. The van der Waals surface area contributed by atoms with E-state index in [9.17, 15) is 0 Å². The summed E-state index contributed by atoms with van der Waals surface area (Å²) in [7, 11) is 0. The maximum absolute atomic E-state index is 8.44. The van der Waals surface area contributed by atoms with Gasteiger partial charge in [0.15, 0.2) is 0 Å². The maximum atomic E-state index is 8.44. The standard InChI is InChI=1S/3Cr.Fe.6O/q;;;+3;;;;3*-1. The molecule has 0 N–H and O–H groups in total. The molecule has 1 radical (unpaired) electrons. The molecule has 0 spiro atoms. The molecule has 0 fully saturated rings. The van der Waals surface area contributed by atoms with Gasteiger partial charge < -0.3 is 0 Å². The van der Waals surface area contributed by atoms with Crippen molar-refractivity contribution < 1.29 is 87.4 Å². The van der Waals surface area contributed by atoms with Gasteiger partial charge in [-0.3, -0.25) is 0 Å². The molecule has 10 heavy (non-hydrogen) atoms. The van der Waals surface area contributed by atoms with Gasteiger partial charge in [0.1, 0.15) is 0 Å². The van der Waals surface area contributed by atoms with Gasteiger partial charge in [-0.05, 0) is 0 Å².